The molecule has 0 spiro atoms. The van der Waals surface area contributed by atoms with Crippen LogP contribution in [0.1, 0.15) is 12.5 Å². The van der Waals surface area contributed by atoms with Crippen molar-refractivity contribution < 1.29 is 5.11 Å². The highest BCUT2D eigenvalue weighted by Crippen LogP contribution is 2.31. The van der Waals surface area contributed by atoms with Gasteiger partial charge in [-0.15, -0.1) is 5.10 Å². The lowest BCUT2D eigenvalue weighted by molar-refractivity contribution is 0.282. The molecule has 154 valence electrons. The third kappa shape index (κ3) is 3.30. The molecule has 5 rings (SSSR count). The Balaban J connectivity index is 1.76. The number of aliphatic hydroxyl groups is 1. The standard InChI is InChI=1S/C22H20N8O/c1-2-29-12-19(27-28-29)17-9-10-18-22(25-17)30(15-7-5-14(13-31)6-8-15)21(26-18)16-4-3-11-24-20(16)23/h3-12,31H,2,13H2,1H3,(H2,23,24). The zero-order valence-corrected chi connectivity index (χ0v) is 16.8. The quantitative estimate of drug-likeness (QED) is 0.455. The van der Waals surface area contributed by atoms with Gasteiger partial charge in [-0.2, -0.15) is 0 Å². The van der Waals surface area contributed by atoms with Crippen LogP contribution >= 0.6 is 0 Å². The van der Waals surface area contributed by atoms with Gasteiger partial charge in [-0.3, -0.25) is 9.25 Å². The first-order valence-corrected chi connectivity index (χ1v) is 9.89. The number of imidazole rings is 1. The van der Waals surface area contributed by atoms with Crippen molar-refractivity contribution in [1.29, 1.82) is 0 Å². The molecule has 4 heterocycles. The average Bonchev–Trinajstić information content (AvgIpc) is 3.44. The summed E-state index contributed by atoms with van der Waals surface area (Å²) in [7, 11) is 0. The van der Waals surface area contributed by atoms with Gasteiger partial charge >= 0.3 is 0 Å². The number of nitrogens with zero attached hydrogens (tertiary/aromatic N) is 7. The van der Waals surface area contributed by atoms with Crippen LogP contribution < -0.4 is 5.73 Å². The Hall–Kier alpha value is -4.11. The minimum atomic E-state index is -0.0249. The van der Waals surface area contributed by atoms with Gasteiger partial charge in [-0.1, -0.05) is 17.3 Å². The molecule has 9 nitrogen and oxygen atoms in total. The number of anilines is 1. The van der Waals surface area contributed by atoms with E-state index in [-0.39, 0.29) is 6.61 Å². The minimum absolute atomic E-state index is 0.0249. The van der Waals surface area contributed by atoms with E-state index < -0.39 is 0 Å². The van der Waals surface area contributed by atoms with Crippen molar-refractivity contribution in [2.75, 3.05) is 5.73 Å². The van der Waals surface area contributed by atoms with Gasteiger partial charge in [-0.25, -0.2) is 15.0 Å². The summed E-state index contributed by atoms with van der Waals surface area (Å²) < 4.78 is 3.70. The maximum Gasteiger partial charge on any atom is 0.165 e. The Morgan fingerprint density at radius 1 is 1.00 bits per heavy atom. The van der Waals surface area contributed by atoms with Crippen molar-refractivity contribution in [3.05, 3.63) is 66.5 Å². The van der Waals surface area contributed by atoms with Crippen LogP contribution in [0.2, 0.25) is 0 Å². The maximum atomic E-state index is 9.41. The van der Waals surface area contributed by atoms with Gasteiger partial charge in [0.15, 0.2) is 11.5 Å². The fourth-order valence-corrected chi connectivity index (χ4v) is 3.45. The van der Waals surface area contributed by atoms with Crippen molar-refractivity contribution in [2.45, 2.75) is 20.1 Å². The predicted octanol–water partition coefficient (Wildman–Crippen LogP) is 2.84. The molecule has 0 saturated carbocycles. The van der Waals surface area contributed by atoms with Crippen LogP contribution in [0, 0.1) is 0 Å². The lowest BCUT2D eigenvalue weighted by Gasteiger charge is -2.11. The number of aryl methyl sites for hydroxylation is 1. The van der Waals surface area contributed by atoms with E-state index in [9.17, 15) is 5.11 Å². The lowest BCUT2D eigenvalue weighted by Crippen LogP contribution is -2.02. The van der Waals surface area contributed by atoms with E-state index in [1.807, 2.05) is 66.2 Å². The molecule has 0 unspecified atom stereocenters. The van der Waals surface area contributed by atoms with Gasteiger partial charge < -0.3 is 10.8 Å². The van der Waals surface area contributed by atoms with Crippen LogP contribution in [0.4, 0.5) is 5.82 Å². The first-order valence-electron chi connectivity index (χ1n) is 9.89. The topological polar surface area (TPSA) is 121 Å². The SMILES string of the molecule is CCn1cc(-c2ccc3nc(-c4cccnc4N)n(-c4ccc(CO)cc4)c3n2)nn1. The molecule has 3 N–H and O–H groups in total. The highest BCUT2D eigenvalue weighted by molar-refractivity contribution is 5.84. The molecule has 9 heteroatoms. The summed E-state index contributed by atoms with van der Waals surface area (Å²) >= 11 is 0. The van der Waals surface area contributed by atoms with Gasteiger partial charge in [0.1, 0.15) is 17.0 Å². The number of hydrogen-bond acceptors (Lipinski definition) is 7. The second-order valence-corrected chi connectivity index (χ2v) is 7.03. The van der Waals surface area contributed by atoms with Gasteiger partial charge in [0.05, 0.1) is 24.1 Å². The fourth-order valence-electron chi connectivity index (χ4n) is 3.45. The Morgan fingerprint density at radius 2 is 1.84 bits per heavy atom. The normalized spacial score (nSPS) is 11.3. The van der Waals surface area contributed by atoms with Crippen LogP contribution in [0.15, 0.2) is 60.9 Å². The molecule has 0 amide bonds. The number of aromatic nitrogens is 7. The summed E-state index contributed by atoms with van der Waals surface area (Å²) in [6, 6.07) is 15.1. The lowest BCUT2D eigenvalue weighted by atomic mass is 10.2. The smallest absolute Gasteiger partial charge is 0.165 e. The Morgan fingerprint density at radius 3 is 2.55 bits per heavy atom. The van der Waals surface area contributed by atoms with E-state index in [1.165, 1.54) is 0 Å². The summed E-state index contributed by atoms with van der Waals surface area (Å²) in [5, 5.41) is 17.8. The molecular formula is C22H20N8O. The van der Waals surface area contributed by atoms with Crippen LogP contribution in [0.5, 0.6) is 0 Å². The van der Waals surface area contributed by atoms with Crippen LogP contribution in [-0.4, -0.2) is 39.6 Å². The van der Waals surface area contributed by atoms with Gasteiger partial charge in [0.2, 0.25) is 0 Å². The van der Waals surface area contributed by atoms with Crippen molar-refractivity contribution in [2.24, 2.45) is 0 Å². The molecule has 0 atom stereocenters. The highest BCUT2D eigenvalue weighted by Gasteiger charge is 2.19. The molecule has 0 bridgehead atoms. The zero-order chi connectivity index (χ0) is 21.4. The second kappa shape index (κ2) is 7.62. The summed E-state index contributed by atoms with van der Waals surface area (Å²) in [6.45, 7) is 2.71. The van der Waals surface area contributed by atoms with Gasteiger partial charge in [0, 0.05) is 18.4 Å². The molecular weight excluding hydrogens is 392 g/mol. The molecule has 0 saturated heterocycles. The number of hydrogen-bond donors (Lipinski definition) is 2. The number of aliphatic hydroxyl groups excluding tert-OH is 1. The van der Waals surface area contributed by atoms with Crippen molar-refractivity contribution in [1.82, 2.24) is 34.5 Å². The third-order valence-electron chi connectivity index (χ3n) is 5.09. The largest absolute Gasteiger partial charge is 0.392 e. The van der Waals surface area contributed by atoms with Crippen LogP contribution in [0.3, 0.4) is 0 Å². The van der Waals surface area contributed by atoms with E-state index in [0.29, 0.717) is 34.2 Å². The maximum absolute atomic E-state index is 9.41. The highest BCUT2D eigenvalue weighted by atomic mass is 16.3. The van der Waals surface area contributed by atoms with Gasteiger partial charge in [-0.05, 0) is 48.9 Å². The van der Waals surface area contributed by atoms with E-state index in [2.05, 4.69) is 15.3 Å². The van der Waals surface area contributed by atoms with E-state index >= 15 is 0 Å². The van der Waals surface area contributed by atoms with E-state index in [4.69, 9.17) is 15.7 Å². The molecule has 0 aliphatic rings. The number of pyridine rings is 2. The number of fused-ring (bicyclic) bond motifs is 1. The average molecular weight is 412 g/mol. The number of nitrogen functional groups attached to an aromatic ring is 1. The first-order chi connectivity index (χ1) is 15.2. The molecule has 5 aromatic rings. The molecule has 1 aromatic carbocycles. The summed E-state index contributed by atoms with van der Waals surface area (Å²) in [5.74, 6) is 1.02. The number of benzene rings is 1. The molecule has 0 aliphatic carbocycles. The van der Waals surface area contributed by atoms with Crippen molar-refractivity contribution in [3.8, 4) is 28.5 Å². The number of nitrogens with two attached hydrogens (primary N) is 1. The van der Waals surface area contributed by atoms with Crippen LogP contribution in [-0.2, 0) is 13.2 Å². The Bertz CT molecular complexity index is 1370. The predicted molar refractivity (Wildman–Crippen MR) is 117 cm³/mol. The molecule has 0 radical (unpaired) electrons. The summed E-state index contributed by atoms with van der Waals surface area (Å²) in [5.41, 5.74) is 11.3. The summed E-state index contributed by atoms with van der Waals surface area (Å²) in [4.78, 5) is 13.9. The Kier molecular flexibility index (Phi) is 4.64. The van der Waals surface area contributed by atoms with E-state index in [1.54, 1.807) is 10.9 Å². The minimum Gasteiger partial charge on any atom is -0.392 e. The zero-order valence-electron chi connectivity index (χ0n) is 16.8. The van der Waals surface area contributed by atoms with Crippen LogP contribution in [0.25, 0.3) is 39.6 Å². The molecule has 4 aromatic heterocycles. The third-order valence-corrected chi connectivity index (χ3v) is 5.09. The first kappa shape index (κ1) is 18.9. The number of rotatable bonds is 5. The van der Waals surface area contributed by atoms with Crippen molar-refractivity contribution in [3.63, 3.8) is 0 Å². The van der Waals surface area contributed by atoms with E-state index in [0.717, 1.165) is 23.3 Å². The molecule has 0 fully saturated rings. The fraction of sp³-hybridized carbons (Fsp3) is 0.136. The van der Waals surface area contributed by atoms with Crippen molar-refractivity contribution >= 4 is 17.0 Å². The summed E-state index contributed by atoms with van der Waals surface area (Å²) in [6.07, 6.45) is 3.51. The molecule has 31 heavy (non-hydrogen) atoms. The monoisotopic (exact) mass is 412 g/mol. The Labute approximate surface area is 177 Å². The molecule has 0 aliphatic heterocycles. The second-order valence-electron chi connectivity index (χ2n) is 7.03. The van der Waals surface area contributed by atoms with Gasteiger partial charge in [0.25, 0.3) is 0 Å².